The van der Waals surface area contributed by atoms with Crippen molar-refractivity contribution < 1.29 is 13.9 Å². The molecule has 0 radical (unpaired) electrons. The van der Waals surface area contributed by atoms with E-state index in [4.69, 9.17) is 26.1 Å². The fraction of sp³-hybridized carbons (Fsp3) is 0.304. The third-order valence-corrected chi connectivity index (χ3v) is 6.63. The highest BCUT2D eigenvalue weighted by atomic mass is 32.2. The maximum absolute atomic E-state index is 14.7. The first kappa shape index (κ1) is 23.1. The Hall–Kier alpha value is -3.08. The molecule has 1 aliphatic rings. The van der Waals surface area contributed by atoms with Crippen LogP contribution in [-0.2, 0) is 0 Å². The normalized spacial score (nSPS) is 14.3. The molecule has 3 aromatic heterocycles. The van der Waals surface area contributed by atoms with E-state index < -0.39 is 5.82 Å². The van der Waals surface area contributed by atoms with Gasteiger partial charge in [0, 0.05) is 41.7 Å². The van der Waals surface area contributed by atoms with Gasteiger partial charge in [-0.1, -0.05) is 19.3 Å². The van der Waals surface area contributed by atoms with Gasteiger partial charge in [-0.2, -0.15) is 5.10 Å². The molecule has 0 bridgehead atoms. The van der Waals surface area contributed by atoms with Gasteiger partial charge in [-0.3, -0.25) is 9.82 Å². The number of rotatable bonds is 4. The lowest BCUT2D eigenvalue weighted by Crippen LogP contribution is -2.12. The number of hydrogen-bond donors (Lipinski definition) is 4. The Bertz CT molecular complexity index is 1270. The number of hydrogen-bond acceptors (Lipinski definition) is 8. The quantitative estimate of drug-likeness (QED) is 0.247. The van der Waals surface area contributed by atoms with E-state index in [2.05, 4.69) is 10.1 Å². The van der Waals surface area contributed by atoms with E-state index in [1.54, 1.807) is 12.3 Å². The zero-order chi connectivity index (χ0) is 23.5. The highest BCUT2D eigenvalue weighted by Crippen LogP contribution is 2.41. The summed E-state index contributed by atoms with van der Waals surface area (Å²) in [6.07, 6.45) is 11.6. The molecule has 0 aliphatic heterocycles. The molecular weight excluding hydrogens is 443 g/mol. The number of nitrogen functional groups attached to an aromatic ring is 2. The van der Waals surface area contributed by atoms with E-state index in [9.17, 15) is 4.39 Å². The Labute approximate surface area is 195 Å². The lowest BCUT2D eigenvalue weighted by atomic mass is 9.96. The SMILES string of the molecule is CO.NSc1c(N)ccc(F)c1-c1cc2c(-c3cnn(C4CCCCC4)c3)cnc(N)c2o1. The van der Waals surface area contributed by atoms with E-state index >= 15 is 0 Å². The number of anilines is 2. The predicted molar refractivity (Wildman–Crippen MR) is 130 cm³/mol. The van der Waals surface area contributed by atoms with Crippen LogP contribution >= 0.6 is 11.9 Å². The molecule has 1 aromatic carbocycles. The summed E-state index contributed by atoms with van der Waals surface area (Å²) in [7, 11) is 1.00. The van der Waals surface area contributed by atoms with Crippen LogP contribution in [0.2, 0.25) is 0 Å². The van der Waals surface area contributed by atoms with Crippen LogP contribution in [0.3, 0.4) is 0 Å². The summed E-state index contributed by atoms with van der Waals surface area (Å²) in [5.41, 5.74) is 14.8. The number of fused-ring (bicyclic) bond motifs is 1. The maximum atomic E-state index is 14.7. The highest BCUT2D eigenvalue weighted by Gasteiger charge is 2.22. The Morgan fingerprint density at radius 3 is 2.64 bits per heavy atom. The third-order valence-electron chi connectivity index (χ3n) is 5.95. The van der Waals surface area contributed by atoms with E-state index in [0.717, 1.165) is 48.4 Å². The van der Waals surface area contributed by atoms with E-state index in [-0.39, 0.29) is 11.4 Å². The fourth-order valence-electron chi connectivity index (χ4n) is 4.35. The molecule has 3 heterocycles. The Balaban J connectivity index is 0.00000126. The van der Waals surface area contributed by atoms with Crippen molar-refractivity contribution in [1.29, 1.82) is 0 Å². The summed E-state index contributed by atoms with van der Waals surface area (Å²) >= 11 is 0.880. The van der Waals surface area contributed by atoms with Crippen molar-refractivity contribution in [2.24, 2.45) is 5.14 Å². The second-order valence-corrected chi connectivity index (χ2v) is 8.51. The molecule has 0 unspecified atom stereocenters. The van der Waals surface area contributed by atoms with Crippen molar-refractivity contribution >= 4 is 34.4 Å². The first-order valence-electron chi connectivity index (χ1n) is 10.7. The van der Waals surface area contributed by atoms with Crippen LogP contribution in [0, 0.1) is 5.82 Å². The van der Waals surface area contributed by atoms with Gasteiger partial charge < -0.3 is 21.0 Å². The summed E-state index contributed by atoms with van der Waals surface area (Å²) in [5, 5.41) is 18.1. The van der Waals surface area contributed by atoms with Gasteiger partial charge in [0.05, 0.1) is 22.7 Å². The van der Waals surface area contributed by atoms with Gasteiger partial charge in [0.2, 0.25) is 0 Å². The smallest absolute Gasteiger partial charge is 0.177 e. The number of nitrogens with two attached hydrogens (primary N) is 3. The van der Waals surface area contributed by atoms with Crippen LogP contribution in [0.5, 0.6) is 0 Å². The van der Waals surface area contributed by atoms with Gasteiger partial charge in [-0.25, -0.2) is 9.37 Å². The van der Waals surface area contributed by atoms with E-state index in [0.29, 0.717) is 28.0 Å². The number of aliphatic hydroxyl groups excluding tert-OH is 1. The van der Waals surface area contributed by atoms with Crippen LogP contribution in [0.25, 0.3) is 33.4 Å². The Morgan fingerprint density at radius 2 is 1.91 bits per heavy atom. The van der Waals surface area contributed by atoms with Crippen LogP contribution in [0.15, 0.2) is 46.1 Å². The minimum absolute atomic E-state index is 0.215. The lowest BCUT2D eigenvalue weighted by Gasteiger charge is -2.21. The predicted octanol–water partition coefficient (Wildman–Crippen LogP) is 4.74. The number of aliphatic hydroxyl groups is 1. The van der Waals surface area contributed by atoms with Crippen LogP contribution in [0.1, 0.15) is 38.1 Å². The van der Waals surface area contributed by atoms with Gasteiger partial charge in [0.1, 0.15) is 11.6 Å². The number of halogens is 1. The molecule has 1 fully saturated rings. The van der Waals surface area contributed by atoms with Crippen molar-refractivity contribution in [3.05, 3.63) is 42.6 Å². The Kier molecular flexibility index (Phi) is 6.87. The van der Waals surface area contributed by atoms with Crippen molar-refractivity contribution in [2.45, 2.75) is 43.0 Å². The van der Waals surface area contributed by atoms with Crippen LogP contribution < -0.4 is 16.6 Å². The molecule has 5 rings (SSSR count). The summed E-state index contributed by atoms with van der Waals surface area (Å²) in [5.74, 6) is 0.0590. The highest BCUT2D eigenvalue weighted by molar-refractivity contribution is 7.97. The third kappa shape index (κ3) is 4.29. The molecule has 7 N–H and O–H groups in total. The topological polar surface area (TPSA) is 142 Å². The summed E-state index contributed by atoms with van der Waals surface area (Å²) in [6, 6.07) is 4.97. The summed E-state index contributed by atoms with van der Waals surface area (Å²) in [4.78, 5) is 4.71. The summed E-state index contributed by atoms with van der Waals surface area (Å²) in [6.45, 7) is 0. The molecule has 0 atom stereocenters. The fourth-order valence-corrected chi connectivity index (χ4v) is 4.87. The molecule has 33 heavy (non-hydrogen) atoms. The zero-order valence-corrected chi connectivity index (χ0v) is 19.1. The second-order valence-electron chi connectivity index (χ2n) is 7.87. The van der Waals surface area contributed by atoms with Gasteiger partial charge in [0.15, 0.2) is 11.4 Å². The van der Waals surface area contributed by atoms with E-state index in [1.165, 1.54) is 31.4 Å². The van der Waals surface area contributed by atoms with Crippen LogP contribution in [-0.4, -0.2) is 27.0 Å². The maximum Gasteiger partial charge on any atom is 0.177 e. The largest absolute Gasteiger partial charge is 0.452 e. The molecule has 0 amide bonds. The monoisotopic (exact) mass is 470 g/mol. The number of furan rings is 1. The van der Waals surface area contributed by atoms with Crippen molar-refractivity contribution in [2.75, 3.05) is 18.6 Å². The lowest BCUT2D eigenvalue weighted by molar-refractivity contribution is 0.329. The van der Waals surface area contributed by atoms with E-state index in [1.807, 2.05) is 17.1 Å². The average Bonchev–Trinajstić information content (AvgIpc) is 3.51. The van der Waals surface area contributed by atoms with Crippen molar-refractivity contribution in [1.82, 2.24) is 14.8 Å². The second kappa shape index (κ2) is 9.82. The average molecular weight is 471 g/mol. The number of nitrogens with zero attached hydrogens (tertiary/aromatic N) is 3. The molecule has 8 nitrogen and oxygen atoms in total. The molecule has 1 saturated carbocycles. The molecular formula is C23H27FN6O2S. The molecule has 174 valence electrons. The standard InChI is InChI=1S/C22H23FN6OS.CH4O/c23-16-6-7-17(24)21(31-26)19(16)18-8-14-15(10-27-22(25)20(14)30-18)12-9-28-29(11-12)13-4-2-1-3-5-13;1-2/h6-11,13H,1-5,24,26H2,(H2,25,27);2H,1H3. The van der Waals surface area contributed by atoms with Gasteiger partial charge >= 0.3 is 0 Å². The van der Waals surface area contributed by atoms with Crippen LogP contribution in [0.4, 0.5) is 15.9 Å². The van der Waals surface area contributed by atoms with Crippen molar-refractivity contribution in [3.63, 3.8) is 0 Å². The first-order valence-corrected chi connectivity index (χ1v) is 11.6. The minimum atomic E-state index is -0.473. The Morgan fingerprint density at radius 1 is 1.15 bits per heavy atom. The molecule has 4 aromatic rings. The number of pyridine rings is 1. The number of aromatic nitrogens is 3. The first-order chi connectivity index (χ1) is 16.1. The number of benzene rings is 1. The molecule has 0 spiro atoms. The molecule has 10 heteroatoms. The summed E-state index contributed by atoms with van der Waals surface area (Å²) < 4.78 is 22.7. The molecule has 1 aliphatic carbocycles. The van der Waals surface area contributed by atoms with Crippen molar-refractivity contribution in [3.8, 4) is 22.5 Å². The van der Waals surface area contributed by atoms with Gasteiger partial charge in [0.25, 0.3) is 0 Å². The van der Waals surface area contributed by atoms with Gasteiger partial charge in [-0.05, 0) is 43.0 Å². The molecule has 0 saturated heterocycles. The van der Waals surface area contributed by atoms with Gasteiger partial charge in [-0.15, -0.1) is 0 Å². The minimum Gasteiger partial charge on any atom is -0.452 e. The zero-order valence-electron chi connectivity index (χ0n) is 18.3.